The van der Waals surface area contributed by atoms with Crippen molar-refractivity contribution in [2.45, 2.75) is 17.9 Å². The molecule has 0 amide bonds. The molecule has 0 spiro atoms. The van der Waals surface area contributed by atoms with Crippen molar-refractivity contribution < 1.29 is 22.7 Å². The van der Waals surface area contributed by atoms with Crippen LogP contribution in [0.2, 0.25) is 0 Å². The Balaban J connectivity index is 2.39. The predicted molar refractivity (Wildman–Crippen MR) is 71.9 cm³/mol. The number of ether oxygens (including phenoxy) is 2. The summed E-state index contributed by atoms with van der Waals surface area (Å²) in [6.07, 6.45) is -0.276. The quantitative estimate of drug-likeness (QED) is 0.604. The van der Waals surface area contributed by atoms with Crippen LogP contribution in [-0.2, 0) is 18.5 Å². The molecule has 1 aliphatic rings. The van der Waals surface area contributed by atoms with E-state index in [4.69, 9.17) is 20.2 Å². The van der Waals surface area contributed by atoms with Crippen LogP contribution < -0.4 is 0 Å². The monoisotopic (exact) mass is 368 g/mol. The lowest BCUT2D eigenvalue weighted by molar-refractivity contribution is -0.103. The summed E-state index contributed by atoms with van der Waals surface area (Å²) in [5.74, 6) is -0.589. The number of hydrogen-bond donors (Lipinski definition) is 0. The maximum atomic E-state index is 12.0. The zero-order valence-electron chi connectivity index (χ0n) is 9.85. The zero-order chi connectivity index (χ0) is 14.2. The highest BCUT2D eigenvalue weighted by molar-refractivity contribution is 9.10. The van der Waals surface area contributed by atoms with Crippen molar-refractivity contribution in [2.75, 3.05) is 13.2 Å². The van der Waals surface area contributed by atoms with Gasteiger partial charge in [0.05, 0.1) is 23.7 Å². The standard InChI is InChI=1S/C11H10BrClO5S/c1-6-9(11(14)18-8-4-17-5-8)2-7(12)3-10(6)19(13,15)16/h2-3,8H,4-5H2,1H3. The minimum atomic E-state index is -3.92. The molecule has 1 aromatic rings. The Morgan fingerprint density at radius 2 is 2.11 bits per heavy atom. The molecule has 1 heterocycles. The first-order valence-corrected chi connectivity index (χ1v) is 8.43. The lowest BCUT2D eigenvalue weighted by Gasteiger charge is -2.26. The summed E-state index contributed by atoms with van der Waals surface area (Å²) >= 11 is 3.15. The SMILES string of the molecule is Cc1c(C(=O)OC2COC2)cc(Br)cc1S(=O)(=O)Cl. The van der Waals surface area contributed by atoms with Crippen molar-refractivity contribution in [1.29, 1.82) is 0 Å². The van der Waals surface area contributed by atoms with E-state index < -0.39 is 15.0 Å². The van der Waals surface area contributed by atoms with Crippen LogP contribution in [0.5, 0.6) is 0 Å². The molecule has 0 bridgehead atoms. The van der Waals surface area contributed by atoms with Crippen LogP contribution in [0.1, 0.15) is 15.9 Å². The van der Waals surface area contributed by atoms with E-state index in [1.165, 1.54) is 19.1 Å². The van der Waals surface area contributed by atoms with Crippen molar-refractivity contribution in [3.8, 4) is 0 Å². The number of benzene rings is 1. The van der Waals surface area contributed by atoms with Crippen molar-refractivity contribution in [1.82, 2.24) is 0 Å². The second-order valence-corrected chi connectivity index (χ2v) is 7.53. The number of carbonyl (C=O) groups excluding carboxylic acids is 1. The first-order chi connectivity index (χ1) is 8.79. The molecule has 1 saturated heterocycles. The smallest absolute Gasteiger partial charge is 0.338 e. The number of carbonyl (C=O) groups is 1. The van der Waals surface area contributed by atoms with Gasteiger partial charge in [0.25, 0.3) is 9.05 Å². The van der Waals surface area contributed by atoms with E-state index in [1.54, 1.807) is 0 Å². The first-order valence-electron chi connectivity index (χ1n) is 5.32. The predicted octanol–water partition coefficient (Wildman–Crippen LogP) is 2.24. The summed E-state index contributed by atoms with van der Waals surface area (Å²) < 4.78 is 33.4. The number of rotatable bonds is 3. The Morgan fingerprint density at radius 3 is 2.58 bits per heavy atom. The van der Waals surface area contributed by atoms with Crippen LogP contribution in [0, 0.1) is 6.92 Å². The molecule has 104 valence electrons. The summed E-state index contributed by atoms with van der Waals surface area (Å²) in [6, 6.07) is 2.85. The van der Waals surface area contributed by atoms with E-state index in [2.05, 4.69) is 15.9 Å². The van der Waals surface area contributed by atoms with Crippen LogP contribution >= 0.6 is 26.6 Å². The largest absolute Gasteiger partial charge is 0.454 e. The second-order valence-electron chi connectivity index (χ2n) is 4.08. The van der Waals surface area contributed by atoms with Crippen LogP contribution in [0.3, 0.4) is 0 Å². The van der Waals surface area contributed by atoms with Gasteiger partial charge < -0.3 is 9.47 Å². The summed E-state index contributed by atoms with van der Waals surface area (Å²) in [5, 5.41) is 0. The minimum absolute atomic E-state index is 0.111. The van der Waals surface area contributed by atoms with Crippen molar-refractivity contribution in [3.63, 3.8) is 0 Å². The molecule has 2 rings (SSSR count). The molecule has 0 aromatic heterocycles. The molecule has 0 aliphatic carbocycles. The van der Waals surface area contributed by atoms with Crippen LogP contribution in [-0.4, -0.2) is 33.7 Å². The third kappa shape index (κ3) is 3.28. The second kappa shape index (κ2) is 5.40. The van der Waals surface area contributed by atoms with Crippen LogP contribution in [0.4, 0.5) is 0 Å². The average molecular weight is 370 g/mol. The van der Waals surface area contributed by atoms with Gasteiger partial charge in [-0.05, 0) is 24.6 Å². The molecule has 0 atom stereocenters. The topological polar surface area (TPSA) is 69.7 Å². The molecular weight excluding hydrogens is 360 g/mol. The summed E-state index contributed by atoms with van der Waals surface area (Å²) in [6.45, 7) is 2.23. The van der Waals surface area contributed by atoms with Gasteiger partial charge in [0.1, 0.15) is 6.10 Å². The van der Waals surface area contributed by atoms with Gasteiger partial charge in [-0.15, -0.1) is 0 Å². The highest BCUT2D eigenvalue weighted by atomic mass is 79.9. The fraction of sp³-hybridized carbons (Fsp3) is 0.364. The zero-order valence-corrected chi connectivity index (χ0v) is 13.0. The van der Waals surface area contributed by atoms with Crippen LogP contribution in [0.15, 0.2) is 21.5 Å². The van der Waals surface area contributed by atoms with E-state index in [0.29, 0.717) is 17.7 Å². The number of esters is 1. The highest BCUT2D eigenvalue weighted by Crippen LogP contribution is 2.28. The first kappa shape index (κ1) is 14.8. The Hall–Kier alpha value is -0.630. The minimum Gasteiger partial charge on any atom is -0.454 e. The van der Waals surface area contributed by atoms with Crippen LogP contribution in [0.25, 0.3) is 0 Å². The van der Waals surface area contributed by atoms with Gasteiger partial charge in [0.2, 0.25) is 0 Å². The molecule has 0 unspecified atom stereocenters. The molecule has 5 nitrogen and oxygen atoms in total. The molecule has 0 radical (unpaired) electrons. The molecule has 1 fully saturated rings. The summed E-state index contributed by atoms with van der Waals surface area (Å²) in [4.78, 5) is 11.9. The lowest BCUT2D eigenvalue weighted by Crippen LogP contribution is -2.38. The van der Waals surface area contributed by atoms with Crippen molar-refractivity contribution in [3.05, 3.63) is 27.7 Å². The van der Waals surface area contributed by atoms with Gasteiger partial charge in [-0.3, -0.25) is 0 Å². The Labute approximate surface area is 123 Å². The molecular formula is C11H10BrClO5S. The van der Waals surface area contributed by atoms with Gasteiger partial charge in [0.15, 0.2) is 0 Å². The Bertz CT molecular complexity index is 624. The summed E-state index contributed by atoms with van der Waals surface area (Å²) in [5.41, 5.74) is 0.434. The fourth-order valence-corrected chi connectivity index (χ4v) is 3.45. The Kier molecular flexibility index (Phi) is 4.20. The number of halogens is 2. The van der Waals surface area contributed by atoms with E-state index in [9.17, 15) is 13.2 Å². The highest BCUT2D eigenvalue weighted by Gasteiger charge is 2.26. The van der Waals surface area contributed by atoms with E-state index in [0.717, 1.165) is 0 Å². The van der Waals surface area contributed by atoms with Gasteiger partial charge in [0, 0.05) is 15.2 Å². The normalized spacial score (nSPS) is 15.9. The van der Waals surface area contributed by atoms with Gasteiger partial charge in [-0.25, -0.2) is 13.2 Å². The Morgan fingerprint density at radius 1 is 1.47 bits per heavy atom. The van der Waals surface area contributed by atoms with E-state index >= 15 is 0 Å². The molecule has 8 heteroatoms. The van der Waals surface area contributed by atoms with E-state index in [-0.39, 0.29) is 22.1 Å². The van der Waals surface area contributed by atoms with E-state index in [1.807, 2.05) is 0 Å². The molecule has 1 aliphatic heterocycles. The maximum absolute atomic E-state index is 12.0. The number of hydrogen-bond acceptors (Lipinski definition) is 5. The van der Waals surface area contributed by atoms with Crippen molar-refractivity contribution in [2.24, 2.45) is 0 Å². The maximum Gasteiger partial charge on any atom is 0.338 e. The molecule has 19 heavy (non-hydrogen) atoms. The van der Waals surface area contributed by atoms with Gasteiger partial charge in [-0.1, -0.05) is 15.9 Å². The van der Waals surface area contributed by atoms with Crippen molar-refractivity contribution >= 4 is 41.6 Å². The molecule has 1 aromatic carbocycles. The summed E-state index contributed by atoms with van der Waals surface area (Å²) in [7, 11) is 1.41. The third-order valence-electron chi connectivity index (χ3n) is 2.69. The fourth-order valence-electron chi connectivity index (χ4n) is 1.62. The molecule has 0 N–H and O–H groups in total. The average Bonchev–Trinajstić information content (AvgIpc) is 2.24. The third-order valence-corrected chi connectivity index (χ3v) is 4.59. The molecule has 0 saturated carbocycles. The van der Waals surface area contributed by atoms with Gasteiger partial charge >= 0.3 is 5.97 Å². The lowest BCUT2D eigenvalue weighted by atomic mass is 10.1. The van der Waals surface area contributed by atoms with Gasteiger partial charge in [-0.2, -0.15) is 0 Å².